The lowest BCUT2D eigenvalue weighted by Crippen LogP contribution is -2.34. The minimum atomic E-state index is -3.64. The molecule has 0 aliphatic rings. The van der Waals surface area contributed by atoms with Gasteiger partial charge >= 0.3 is 0 Å². The maximum atomic E-state index is 13.3. The lowest BCUT2D eigenvalue weighted by molar-refractivity contribution is 0.275. The van der Waals surface area contributed by atoms with E-state index in [1.54, 1.807) is 6.92 Å². The molecule has 0 unspecified atom stereocenters. The molecule has 1 aromatic carbocycles. The third-order valence-electron chi connectivity index (χ3n) is 2.75. The van der Waals surface area contributed by atoms with Crippen molar-refractivity contribution in [3.05, 3.63) is 29.6 Å². The van der Waals surface area contributed by atoms with Crippen molar-refractivity contribution in [3.8, 4) is 0 Å². The van der Waals surface area contributed by atoms with Crippen molar-refractivity contribution in [2.24, 2.45) is 5.92 Å². The first-order chi connectivity index (χ1) is 8.82. The van der Waals surface area contributed by atoms with E-state index in [0.29, 0.717) is 13.1 Å². The van der Waals surface area contributed by atoms with E-state index in [1.165, 1.54) is 16.4 Å². The maximum absolute atomic E-state index is 13.3. The summed E-state index contributed by atoms with van der Waals surface area (Å²) in [5.41, 5.74) is -0.0123. The van der Waals surface area contributed by atoms with Gasteiger partial charge in [-0.15, -0.1) is 0 Å². The van der Waals surface area contributed by atoms with Crippen LogP contribution in [0.3, 0.4) is 0 Å². The molecule has 0 amide bonds. The van der Waals surface area contributed by atoms with Crippen molar-refractivity contribution >= 4 is 10.0 Å². The molecular formula is C13H20FNO3S. The highest BCUT2D eigenvalue weighted by molar-refractivity contribution is 7.89. The number of hydrogen-bond donors (Lipinski definition) is 1. The SMILES string of the molecule is CCN(CC(C)C)S(=O)(=O)c1ccc(F)c(CO)c1. The number of hydrogen-bond acceptors (Lipinski definition) is 3. The Morgan fingerprint density at radius 1 is 1.37 bits per heavy atom. The Morgan fingerprint density at radius 2 is 2.00 bits per heavy atom. The Bertz CT molecular complexity index is 529. The lowest BCUT2D eigenvalue weighted by Gasteiger charge is -2.22. The Morgan fingerprint density at radius 3 is 2.47 bits per heavy atom. The first kappa shape index (κ1) is 16.1. The Balaban J connectivity index is 3.18. The molecule has 1 rings (SSSR count). The van der Waals surface area contributed by atoms with Gasteiger partial charge in [-0.2, -0.15) is 4.31 Å². The fourth-order valence-corrected chi connectivity index (χ4v) is 3.45. The van der Waals surface area contributed by atoms with Gasteiger partial charge in [0.15, 0.2) is 0 Å². The van der Waals surface area contributed by atoms with Gasteiger partial charge < -0.3 is 5.11 Å². The van der Waals surface area contributed by atoms with Crippen LogP contribution in [-0.4, -0.2) is 30.9 Å². The van der Waals surface area contributed by atoms with Gasteiger partial charge in [0.1, 0.15) is 5.82 Å². The summed E-state index contributed by atoms with van der Waals surface area (Å²) in [5.74, 6) is -0.402. The topological polar surface area (TPSA) is 57.6 Å². The molecule has 0 aromatic heterocycles. The molecule has 1 N–H and O–H groups in total. The van der Waals surface area contributed by atoms with Crippen LogP contribution in [0.15, 0.2) is 23.1 Å². The molecule has 108 valence electrons. The van der Waals surface area contributed by atoms with Gasteiger partial charge in [0.05, 0.1) is 11.5 Å². The minimum Gasteiger partial charge on any atom is -0.392 e. The number of sulfonamides is 1. The maximum Gasteiger partial charge on any atom is 0.243 e. The molecule has 0 bridgehead atoms. The summed E-state index contributed by atoms with van der Waals surface area (Å²) in [4.78, 5) is 0.0143. The van der Waals surface area contributed by atoms with Crippen LogP contribution in [0.4, 0.5) is 4.39 Å². The van der Waals surface area contributed by atoms with E-state index in [4.69, 9.17) is 5.11 Å². The second-order valence-corrected chi connectivity index (χ2v) is 6.70. The smallest absolute Gasteiger partial charge is 0.243 e. The molecule has 0 radical (unpaired) electrons. The molecule has 0 aliphatic carbocycles. The van der Waals surface area contributed by atoms with Crippen LogP contribution in [0.2, 0.25) is 0 Å². The van der Waals surface area contributed by atoms with Crippen molar-refractivity contribution in [1.82, 2.24) is 4.31 Å². The average Bonchev–Trinajstić information content (AvgIpc) is 2.35. The predicted molar refractivity (Wildman–Crippen MR) is 71.6 cm³/mol. The van der Waals surface area contributed by atoms with Crippen molar-refractivity contribution in [2.75, 3.05) is 13.1 Å². The Labute approximate surface area is 113 Å². The molecule has 0 spiro atoms. The standard InChI is InChI=1S/C13H20FNO3S/c1-4-15(8-10(2)3)19(17,18)12-5-6-13(14)11(7-12)9-16/h5-7,10,16H,4,8-9H2,1-3H3. The van der Waals surface area contributed by atoms with Gasteiger partial charge in [-0.05, 0) is 24.1 Å². The first-order valence-corrected chi connectivity index (χ1v) is 7.66. The summed E-state index contributed by atoms with van der Waals surface area (Å²) in [6.07, 6.45) is 0. The Kier molecular flexibility index (Phi) is 5.46. The normalized spacial score (nSPS) is 12.4. The molecule has 0 heterocycles. The van der Waals surface area contributed by atoms with Gasteiger partial charge in [-0.25, -0.2) is 12.8 Å². The predicted octanol–water partition coefficient (Wildman–Crippen LogP) is 1.98. The second kappa shape index (κ2) is 6.45. The van der Waals surface area contributed by atoms with Crippen molar-refractivity contribution in [1.29, 1.82) is 0 Å². The van der Waals surface area contributed by atoms with Crippen LogP contribution >= 0.6 is 0 Å². The van der Waals surface area contributed by atoms with Crippen molar-refractivity contribution in [3.63, 3.8) is 0 Å². The van der Waals surface area contributed by atoms with E-state index in [0.717, 1.165) is 6.07 Å². The van der Waals surface area contributed by atoms with E-state index >= 15 is 0 Å². The van der Waals surface area contributed by atoms with E-state index in [2.05, 4.69) is 0 Å². The summed E-state index contributed by atoms with van der Waals surface area (Å²) in [6, 6.07) is 3.49. The summed E-state index contributed by atoms with van der Waals surface area (Å²) in [7, 11) is -3.64. The van der Waals surface area contributed by atoms with Crippen molar-refractivity contribution < 1.29 is 17.9 Å². The Hall–Kier alpha value is -0.980. The van der Waals surface area contributed by atoms with E-state index < -0.39 is 22.4 Å². The van der Waals surface area contributed by atoms with E-state index in [-0.39, 0.29) is 16.4 Å². The highest BCUT2D eigenvalue weighted by Crippen LogP contribution is 2.20. The van der Waals surface area contributed by atoms with Gasteiger partial charge in [0.2, 0.25) is 10.0 Å². The molecule has 19 heavy (non-hydrogen) atoms. The van der Waals surface area contributed by atoms with Gasteiger partial charge in [0.25, 0.3) is 0 Å². The fraction of sp³-hybridized carbons (Fsp3) is 0.538. The van der Waals surface area contributed by atoms with Gasteiger partial charge in [0, 0.05) is 18.7 Å². The third kappa shape index (κ3) is 3.75. The van der Waals surface area contributed by atoms with Crippen LogP contribution < -0.4 is 0 Å². The zero-order chi connectivity index (χ0) is 14.6. The minimum absolute atomic E-state index is 0.0123. The molecule has 0 atom stereocenters. The number of nitrogens with zero attached hydrogens (tertiary/aromatic N) is 1. The van der Waals surface area contributed by atoms with Crippen LogP contribution in [0.25, 0.3) is 0 Å². The lowest BCUT2D eigenvalue weighted by atomic mass is 10.2. The highest BCUT2D eigenvalue weighted by Gasteiger charge is 2.24. The summed E-state index contributed by atoms with van der Waals surface area (Å²) >= 11 is 0. The molecule has 1 aromatic rings. The second-order valence-electron chi connectivity index (χ2n) is 4.76. The molecule has 0 saturated heterocycles. The van der Waals surface area contributed by atoms with E-state index in [9.17, 15) is 12.8 Å². The number of aliphatic hydroxyl groups is 1. The molecule has 0 fully saturated rings. The molecule has 4 nitrogen and oxygen atoms in total. The molecule has 0 saturated carbocycles. The van der Waals surface area contributed by atoms with Crippen molar-refractivity contribution in [2.45, 2.75) is 32.3 Å². The van der Waals surface area contributed by atoms with Crippen LogP contribution in [0.1, 0.15) is 26.3 Å². The summed E-state index contributed by atoms with van der Waals surface area (Å²) in [6.45, 7) is 5.86. The zero-order valence-corrected chi connectivity index (χ0v) is 12.2. The third-order valence-corrected chi connectivity index (χ3v) is 4.68. The largest absolute Gasteiger partial charge is 0.392 e. The number of benzene rings is 1. The number of aliphatic hydroxyl groups excluding tert-OH is 1. The van der Waals surface area contributed by atoms with Gasteiger partial charge in [-0.1, -0.05) is 20.8 Å². The van der Waals surface area contributed by atoms with Crippen LogP contribution in [0, 0.1) is 11.7 Å². The van der Waals surface area contributed by atoms with Crippen LogP contribution in [-0.2, 0) is 16.6 Å². The fourth-order valence-electron chi connectivity index (χ4n) is 1.79. The van der Waals surface area contributed by atoms with E-state index in [1.807, 2.05) is 13.8 Å². The molecular weight excluding hydrogens is 269 g/mol. The first-order valence-electron chi connectivity index (χ1n) is 6.22. The monoisotopic (exact) mass is 289 g/mol. The number of rotatable bonds is 6. The van der Waals surface area contributed by atoms with Gasteiger partial charge in [-0.3, -0.25) is 0 Å². The average molecular weight is 289 g/mol. The molecule has 0 aliphatic heterocycles. The quantitative estimate of drug-likeness (QED) is 0.871. The number of halogens is 1. The summed E-state index contributed by atoms with van der Waals surface area (Å²) < 4.78 is 39.4. The zero-order valence-electron chi connectivity index (χ0n) is 11.4. The summed E-state index contributed by atoms with van der Waals surface area (Å²) in [5, 5.41) is 9.00. The van der Waals surface area contributed by atoms with Crippen LogP contribution in [0.5, 0.6) is 0 Å². The highest BCUT2D eigenvalue weighted by atomic mass is 32.2. The molecule has 6 heteroatoms.